The number of anilines is 2. The second-order valence-electron chi connectivity index (χ2n) is 3.87. The summed E-state index contributed by atoms with van der Waals surface area (Å²) in [5.41, 5.74) is 5.44. The van der Waals surface area contributed by atoms with Crippen molar-refractivity contribution in [1.29, 1.82) is 0 Å². The number of sulfone groups is 1. The number of amides is 1. The summed E-state index contributed by atoms with van der Waals surface area (Å²) in [5, 5.41) is 2.34. The number of halogens is 1. The van der Waals surface area contributed by atoms with Crippen LogP contribution in [0.25, 0.3) is 0 Å². The van der Waals surface area contributed by atoms with Gasteiger partial charge in [0.05, 0.1) is 18.0 Å². The van der Waals surface area contributed by atoms with Crippen molar-refractivity contribution in [3.05, 3.63) is 24.0 Å². The molecule has 106 valence electrons. The number of ether oxygens (including phenoxy) is 1. The molecule has 1 rings (SSSR count). The number of carbonyl (C=O) groups is 1. The first-order valence-electron chi connectivity index (χ1n) is 5.38. The van der Waals surface area contributed by atoms with Crippen molar-refractivity contribution in [2.45, 2.75) is 0 Å². The van der Waals surface area contributed by atoms with E-state index in [0.717, 1.165) is 6.07 Å². The Hall–Kier alpha value is -1.67. The number of nitrogen functional groups attached to an aromatic ring is 1. The molecule has 0 atom stereocenters. The van der Waals surface area contributed by atoms with Crippen LogP contribution in [-0.2, 0) is 19.4 Å². The Morgan fingerprint density at radius 2 is 2.16 bits per heavy atom. The van der Waals surface area contributed by atoms with E-state index in [1.54, 1.807) is 0 Å². The Bertz CT molecular complexity index is 560. The summed E-state index contributed by atoms with van der Waals surface area (Å²) in [6.45, 7) is 0.0269. The van der Waals surface area contributed by atoms with E-state index in [1.807, 2.05) is 0 Å². The van der Waals surface area contributed by atoms with Crippen LogP contribution in [0, 0.1) is 5.82 Å². The van der Waals surface area contributed by atoms with Crippen LogP contribution < -0.4 is 11.1 Å². The third kappa shape index (κ3) is 5.23. The third-order valence-electron chi connectivity index (χ3n) is 2.23. The molecule has 0 bridgehead atoms. The Labute approximate surface area is 110 Å². The van der Waals surface area contributed by atoms with E-state index in [2.05, 4.69) is 10.1 Å². The van der Waals surface area contributed by atoms with Gasteiger partial charge in [-0.05, 0) is 18.2 Å². The minimum Gasteiger partial charge on any atom is -0.396 e. The monoisotopic (exact) mass is 290 g/mol. The Morgan fingerprint density at radius 3 is 2.74 bits per heavy atom. The van der Waals surface area contributed by atoms with Gasteiger partial charge in [0.15, 0.2) is 9.84 Å². The molecule has 0 aliphatic carbocycles. The minimum atomic E-state index is -3.52. The summed E-state index contributed by atoms with van der Waals surface area (Å²) in [5.74, 6) is -2.20. The van der Waals surface area contributed by atoms with Crippen LogP contribution in [0.3, 0.4) is 0 Å². The largest absolute Gasteiger partial charge is 0.396 e. The van der Waals surface area contributed by atoms with Crippen molar-refractivity contribution in [3.8, 4) is 0 Å². The molecule has 0 saturated carbocycles. The van der Waals surface area contributed by atoms with E-state index >= 15 is 0 Å². The highest BCUT2D eigenvalue weighted by Crippen LogP contribution is 2.16. The lowest BCUT2D eigenvalue weighted by Gasteiger charge is -2.07. The highest BCUT2D eigenvalue weighted by molar-refractivity contribution is 7.92. The van der Waals surface area contributed by atoms with E-state index in [-0.39, 0.29) is 23.7 Å². The van der Waals surface area contributed by atoms with Gasteiger partial charge in [-0.2, -0.15) is 0 Å². The molecule has 0 spiro atoms. The number of rotatable bonds is 6. The first-order valence-corrected chi connectivity index (χ1v) is 7.20. The number of carbonyl (C=O) groups excluding carboxylic acids is 1. The lowest BCUT2D eigenvalue weighted by atomic mass is 10.2. The van der Waals surface area contributed by atoms with Gasteiger partial charge < -0.3 is 15.8 Å². The quantitative estimate of drug-likeness (QED) is 0.739. The first-order chi connectivity index (χ1) is 8.84. The molecular weight excluding hydrogens is 275 g/mol. The number of hydrogen-bond donors (Lipinski definition) is 2. The van der Waals surface area contributed by atoms with Gasteiger partial charge in [0.25, 0.3) is 0 Å². The van der Waals surface area contributed by atoms with Gasteiger partial charge in [0.2, 0.25) is 5.91 Å². The molecule has 0 unspecified atom stereocenters. The van der Waals surface area contributed by atoms with Crippen molar-refractivity contribution in [2.75, 3.05) is 36.3 Å². The summed E-state index contributed by atoms with van der Waals surface area (Å²) < 4.78 is 40.5. The van der Waals surface area contributed by atoms with E-state index in [0.29, 0.717) is 0 Å². The zero-order valence-corrected chi connectivity index (χ0v) is 11.2. The molecule has 1 amide bonds. The fraction of sp³-hybridized carbons (Fsp3) is 0.364. The number of hydrogen-bond acceptors (Lipinski definition) is 5. The molecule has 0 fully saturated rings. The normalized spacial score (nSPS) is 11.3. The second kappa shape index (κ2) is 6.48. The third-order valence-corrected chi connectivity index (χ3v) is 3.72. The SMILES string of the molecule is COCCS(=O)(=O)CC(=O)Nc1ccc(F)c(N)c1. The fourth-order valence-corrected chi connectivity index (χ4v) is 2.34. The molecule has 19 heavy (non-hydrogen) atoms. The lowest BCUT2D eigenvalue weighted by molar-refractivity contribution is -0.113. The molecule has 0 aliphatic heterocycles. The average molecular weight is 290 g/mol. The Balaban J connectivity index is 2.62. The number of nitrogens with two attached hydrogens (primary N) is 1. The van der Waals surface area contributed by atoms with Gasteiger partial charge in [0, 0.05) is 12.8 Å². The fourth-order valence-electron chi connectivity index (χ4n) is 1.30. The maximum atomic E-state index is 12.9. The van der Waals surface area contributed by atoms with Crippen molar-refractivity contribution < 1.29 is 22.3 Å². The predicted octanol–water partition coefficient (Wildman–Crippen LogP) is 0.408. The molecule has 0 heterocycles. The molecule has 3 N–H and O–H groups in total. The Morgan fingerprint density at radius 1 is 1.47 bits per heavy atom. The number of methoxy groups -OCH3 is 1. The molecular formula is C11H15FN2O4S. The van der Waals surface area contributed by atoms with E-state index in [9.17, 15) is 17.6 Å². The van der Waals surface area contributed by atoms with E-state index < -0.39 is 27.3 Å². The zero-order chi connectivity index (χ0) is 14.5. The van der Waals surface area contributed by atoms with Gasteiger partial charge in [-0.1, -0.05) is 0 Å². The van der Waals surface area contributed by atoms with E-state index in [1.165, 1.54) is 19.2 Å². The molecule has 1 aromatic rings. The lowest BCUT2D eigenvalue weighted by Crippen LogP contribution is -2.26. The average Bonchev–Trinajstić information content (AvgIpc) is 2.30. The highest BCUT2D eigenvalue weighted by atomic mass is 32.2. The van der Waals surface area contributed by atoms with Crippen LogP contribution in [0.4, 0.5) is 15.8 Å². The van der Waals surface area contributed by atoms with Crippen LogP contribution in [0.2, 0.25) is 0 Å². The molecule has 0 radical (unpaired) electrons. The minimum absolute atomic E-state index is 0.0269. The summed E-state index contributed by atoms with van der Waals surface area (Å²) in [4.78, 5) is 11.5. The molecule has 8 heteroatoms. The highest BCUT2D eigenvalue weighted by Gasteiger charge is 2.16. The van der Waals surface area contributed by atoms with E-state index in [4.69, 9.17) is 5.73 Å². The van der Waals surface area contributed by atoms with Crippen LogP contribution in [0.5, 0.6) is 0 Å². The molecule has 0 aromatic heterocycles. The second-order valence-corrected chi connectivity index (χ2v) is 6.05. The molecule has 0 aliphatic rings. The summed E-state index contributed by atoms with van der Waals surface area (Å²) in [6, 6.07) is 3.60. The molecule has 1 aromatic carbocycles. The topological polar surface area (TPSA) is 98.5 Å². The first kappa shape index (κ1) is 15.4. The maximum Gasteiger partial charge on any atom is 0.239 e. The van der Waals surface area contributed by atoms with Crippen molar-refractivity contribution in [2.24, 2.45) is 0 Å². The van der Waals surface area contributed by atoms with Crippen molar-refractivity contribution in [3.63, 3.8) is 0 Å². The number of benzene rings is 1. The van der Waals surface area contributed by atoms with Crippen molar-refractivity contribution >= 4 is 27.1 Å². The van der Waals surface area contributed by atoms with Gasteiger partial charge in [-0.15, -0.1) is 0 Å². The molecule has 6 nitrogen and oxygen atoms in total. The van der Waals surface area contributed by atoms with Gasteiger partial charge in [0.1, 0.15) is 11.6 Å². The smallest absolute Gasteiger partial charge is 0.239 e. The van der Waals surface area contributed by atoms with Gasteiger partial charge in [-0.25, -0.2) is 12.8 Å². The van der Waals surface area contributed by atoms with Gasteiger partial charge in [-0.3, -0.25) is 4.79 Å². The van der Waals surface area contributed by atoms with Crippen molar-refractivity contribution in [1.82, 2.24) is 0 Å². The van der Waals surface area contributed by atoms with Crippen LogP contribution in [-0.4, -0.2) is 39.5 Å². The van der Waals surface area contributed by atoms with Crippen LogP contribution >= 0.6 is 0 Å². The Kier molecular flexibility index (Phi) is 5.25. The molecule has 0 saturated heterocycles. The number of nitrogens with one attached hydrogen (secondary N) is 1. The maximum absolute atomic E-state index is 12.9. The predicted molar refractivity (Wildman–Crippen MR) is 70.0 cm³/mol. The van der Waals surface area contributed by atoms with Crippen LogP contribution in [0.1, 0.15) is 0 Å². The summed E-state index contributed by atoms with van der Waals surface area (Å²) in [7, 11) is -2.15. The zero-order valence-electron chi connectivity index (χ0n) is 10.3. The summed E-state index contributed by atoms with van der Waals surface area (Å²) in [6.07, 6.45) is 0. The summed E-state index contributed by atoms with van der Waals surface area (Å²) >= 11 is 0. The standard InChI is InChI=1S/C11H15FN2O4S/c1-18-4-5-19(16,17)7-11(15)14-8-2-3-9(12)10(13)6-8/h2-3,6H,4-5,7,13H2,1H3,(H,14,15). The van der Waals surface area contributed by atoms with Crippen LogP contribution in [0.15, 0.2) is 18.2 Å². The van der Waals surface area contributed by atoms with Gasteiger partial charge >= 0.3 is 0 Å².